The molecule has 0 radical (unpaired) electrons. The Balaban J connectivity index is 1.71. The minimum absolute atomic E-state index is 0.0172. The number of carbonyl (C=O) groups excluding carboxylic acids is 1. The molecular weight excluding hydrogens is 280 g/mol. The number of carbonyl (C=O) groups is 2. The standard InChI is InChI=1S/C17H22N2O3/c1-17(2)11-9-19(14(13(11)17)16(21)22)15(20)12(18)8-10-6-4-3-5-7-10/h3-7,11-14H,8-9,18H2,1-2H3,(H,21,22)/t11-,12-,13-,14-/m0/s1. The van der Waals surface area contributed by atoms with E-state index in [1.165, 1.54) is 4.90 Å². The van der Waals surface area contributed by atoms with Crippen LogP contribution in [0.3, 0.4) is 0 Å². The van der Waals surface area contributed by atoms with Crippen LogP contribution in [0, 0.1) is 17.3 Å². The van der Waals surface area contributed by atoms with E-state index in [9.17, 15) is 14.7 Å². The van der Waals surface area contributed by atoms with Gasteiger partial charge in [0.15, 0.2) is 0 Å². The number of fused-ring (bicyclic) bond motifs is 1. The van der Waals surface area contributed by atoms with Gasteiger partial charge in [-0.3, -0.25) is 4.79 Å². The van der Waals surface area contributed by atoms with Gasteiger partial charge in [0.25, 0.3) is 0 Å². The molecule has 1 saturated heterocycles. The summed E-state index contributed by atoms with van der Waals surface area (Å²) in [5.41, 5.74) is 7.04. The number of hydrogen-bond donors (Lipinski definition) is 2. The van der Waals surface area contributed by atoms with Gasteiger partial charge in [0.05, 0.1) is 6.04 Å². The highest BCUT2D eigenvalue weighted by Gasteiger charge is 2.69. The van der Waals surface area contributed by atoms with E-state index >= 15 is 0 Å². The van der Waals surface area contributed by atoms with E-state index in [1.807, 2.05) is 30.3 Å². The fourth-order valence-electron chi connectivity index (χ4n) is 3.96. The van der Waals surface area contributed by atoms with E-state index in [2.05, 4.69) is 13.8 Å². The SMILES string of the molecule is CC1(C)[C@@H]2[C@@H](C(=O)O)N(C(=O)[C@@H](N)Cc3ccccc3)C[C@@H]21. The Kier molecular flexibility index (Phi) is 3.48. The first-order valence-corrected chi connectivity index (χ1v) is 7.67. The van der Waals surface area contributed by atoms with Gasteiger partial charge in [-0.1, -0.05) is 44.2 Å². The predicted octanol–water partition coefficient (Wildman–Crippen LogP) is 1.12. The van der Waals surface area contributed by atoms with Crippen LogP contribution < -0.4 is 5.73 Å². The van der Waals surface area contributed by atoms with Crippen LogP contribution in [0.25, 0.3) is 0 Å². The summed E-state index contributed by atoms with van der Waals surface area (Å²) in [5.74, 6) is -0.836. The van der Waals surface area contributed by atoms with E-state index in [-0.39, 0.29) is 23.2 Å². The van der Waals surface area contributed by atoms with Crippen LogP contribution in [-0.4, -0.2) is 40.5 Å². The van der Waals surface area contributed by atoms with Gasteiger partial charge in [0.2, 0.25) is 5.91 Å². The first-order valence-electron chi connectivity index (χ1n) is 7.67. The Morgan fingerprint density at radius 3 is 2.59 bits per heavy atom. The molecule has 1 aromatic rings. The van der Waals surface area contributed by atoms with Gasteiger partial charge in [-0.05, 0) is 23.3 Å². The molecule has 0 unspecified atom stereocenters. The molecule has 2 aliphatic rings. The third-order valence-corrected chi connectivity index (χ3v) is 5.36. The lowest BCUT2D eigenvalue weighted by atomic mass is 9.99. The summed E-state index contributed by atoms with van der Waals surface area (Å²) in [7, 11) is 0. The van der Waals surface area contributed by atoms with Gasteiger partial charge in [0.1, 0.15) is 6.04 Å². The van der Waals surface area contributed by atoms with Crippen molar-refractivity contribution in [2.75, 3.05) is 6.54 Å². The second-order valence-corrected chi connectivity index (χ2v) is 7.02. The zero-order valence-electron chi connectivity index (χ0n) is 12.9. The highest BCUT2D eigenvalue weighted by molar-refractivity contribution is 5.88. The van der Waals surface area contributed by atoms with Crippen molar-refractivity contribution in [1.29, 1.82) is 0 Å². The Hall–Kier alpha value is -1.88. The largest absolute Gasteiger partial charge is 0.480 e. The monoisotopic (exact) mass is 302 g/mol. The smallest absolute Gasteiger partial charge is 0.326 e. The topological polar surface area (TPSA) is 83.6 Å². The van der Waals surface area contributed by atoms with Crippen LogP contribution >= 0.6 is 0 Å². The van der Waals surface area contributed by atoms with Gasteiger partial charge in [-0.25, -0.2) is 4.79 Å². The summed E-state index contributed by atoms with van der Waals surface area (Å²) in [6.07, 6.45) is 0.432. The number of nitrogens with zero attached hydrogens (tertiary/aromatic N) is 1. The zero-order valence-corrected chi connectivity index (χ0v) is 12.9. The van der Waals surface area contributed by atoms with Crippen LogP contribution in [0.2, 0.25) is 0 Å². The lowest BCUT2D eigenvalue weighted by Gasteiger charge is -2.30. The number of likely N-dealkylation sites (tertiary alicyclic amines) is 1. The fraction of sp³-hybridized carbons (Fsp3) is 0.529. The minimum Gasteiger partial charge on any atom is -0.480 e. The van der Waals surface area contributed by atoms with Gasteiger partial charge in [0, 0.05) is 12.5 Å². The summed E-state index contributed by atoms with van der Waals surface area (Å²) >= 11 is 0. The van der Waals surface area contributed by atoms with E-state index < -0.39 is 18.1 Å². The molecule has 0 bridgehead atoms. The average Bonchev–Trinajstić information content (AvgIpc) is 2.86. The molecule has 1 saturated carbocycles. The van der Waals surface area contributed by atoms with E-state index in [1.54, 1.807) is 0 Å². The molecular formula is C17H22N2O3. The van der Waals surface area contributed by atoms with Crippen LogP contribution in [0.5, 0.6) is 0 Å². The number of piperidine rings is 1. The first-order chi connectivity index (χ1) is 10.3. The van der Waals surface area contributed by atoms with Crippen LogP contribution in [0.4, 0.5) is 0 Å². The quantitative estimate of drug-likeness (QED) is 0.873. The molecule has 118 valence electrons. The van der Waals surface area contributed by atoms with Crippen molar-refractivity contribution in [3.8, 4) is 0 Å². The van der Waals surface area contributed by atoms with Crippen molar-refractivity contribution in [1.82, 2.24) is 4.90 Å². The molecule has 3 N–H and O–H groups in total. The molecule has 3 rings (SSSR count). The molecule has 1 amide bonds. The molecule has 1 aliphatic carbocycles. The Morgan fingerprint density at radius 1 is 1.36 bits per heavy atom. The first kappa shape index (κ1) is 15.0. The Bertz CT molecular complexity index is 599. The van der Waals surface area contributed by atoms with Gasteiger partial charge in [-0.15, -0.1) is 0 Å². The number of carboxylic acids is 1. The number of nitrogens with two attached hydrogens (primary N) is 1. The van der Waals surface area contributed by atoms with E-state index in [0.717, 1.165) is 5.56 Å². The summed E-state index contributed by atoms with van der Waals surface area (Å²) in [5, 5.41) is 9.50. The summed E-state index contributed by atoms with van der Waals surface area (Å²) in [4.78, 5) is 25.6. The van der Waals surface area contributed by atoms with Crippen LogP contribution in [0.15, 0.2) is 30.3 Å². The van der Waals surface area contributed by atoms with Gasteiger partial charge in [-0.2, -0.15) is 0 Å². The third kappa shape index (κ3) is 2.29. The Morgan fingerprint density at radius 2 is 2.00 bits per heavy atom. The van der Waals surface area contributed by atoms with Crippen molar-refractivity contribution in [3.05, 3.63) is 35.9 Å². The predicted molar refractivity (Wildman–Crippen MR) is 82.0 cm³/mol. The van der Waals surface area contributed by atoms with Crippen LogP contribution in [0.1, 0.15) is 19.4 Å². The van der Waals surface area contributed by atoms with E-state index in [4.69, 9.17) is 5.73 Å². The minimum atomic E-state index is -0.918. The normalized spacial score (nSPS) is 29.8. The number of aliphatic carboxylic acids is 1. The third-order valence-electron chi connectivity index (χ3n) is 5.36. The maximum Gasteiger partial charge on any atom is 0.326 e. The molecule has 2 fully saturated rings. The molecule has 1 aromatic carbocycles. The molecule has 5 heteroatoms. The number of carboxylic acid groups (broad SMARTS) is 1. The summed E-state index contributed by atoms with van der Waals surface area (Å²) in [6, 6.07) is 8.14. The maximum absolute atomic E-state index is 12.6. The van der Waals surface area contributed by atoms with Crippen molar-refractivity contribution in [3.63, 3.8) is 0 Å². The maximum atomic E-state index is 12.6. The molecule has 0 aromatic heterocycles. The van der Waals surface area contributed by atoms with Crippen molar-refractivity contribution in [2.24, 2.45) is 23.0 Å². The van der Waals surface area contributed by atoms with Crippen molar-refractivity contribution in [2.45, 2.75) is 32.4 Å². The number of rotatable bonds is 4. The number of amides is 1. The summed E-state index contributed by atoms with van der Waals surface area (Å²) in [6.45, 7) is 4.66. The number of hydrogen-bond acceptors (Lipinski definition) is 3. The highest BCUT2D eigenvalue weighted by Crippen LogP contribution is 2.64. The molecule has 22 heavy (non-hydrogen) atoms. The number of benzene rings is 1. The van der Waals surface area contributed by atoms with Crippen molar-refractivity contribution < 1.29 is 14.7 Å². The second-order valence-electron chi connectivity index (χ2n) is 7.02. The molecule has 5 nitrogen and oxygen atoms in total. The van der Waals surface area contributed by atoms with Crippen LogP contribution in [-0.2, 0) is 16.0 Å². The lowest BCUT2D eigenvalue weighted by Crippen LogP contribution is -2.52. The average molecular weight is 302 g/mol. The molecule has 1 aliphatic heterocycles. The Labute approximate surface area is 130 Å². The van der Waals surface area contributed by atoms with E-state index in [0.29, 0.717) is 13.0 Å². The summed E-state index contributed by atoms with van der Waals surface area (Å²) < 4.78 is 0. The van der Waals surface area contributed by atoms with Crippen molar-refractivity contribution >= 4 is 11.9 Å². The molecule has 1 heterocycles. The highest BCUT2D eigenvalue weighted by atomic mass is 16.4. The molecule has 4 atom stereocenters. The second kappa shape index (κ2) is 5.09. The lowest BCUT2D eigenvalue weighted by molar-refractivity contribution is -0.150. The van der Waals surface area contributed by atoms with Gasteiger partial charge < -0.3 is 15.7 Å². The molecule has 0 spiro atoms. The van der Waals surface area contributed by atoms with Gasteiger partial charge >= 0.3 is 5.97 Å². The fourth-order valence-corrected chi connectivity index (χ4v) is 3.96. The zero-order chi connectivity index (χ0) is 16.1.